The quantitative estimate of drug-likeness (QED) is 0.583. The molecule has 4 heteroatoms. The van der Waals surface area contributed by atoms with Crippen LogP contribution >= 0.6 is 21.6 Å². The van der Waals surface area contributed by atoms with Gasteiger partial charge in [-0.1, -0.05) is 24.6 Å². The van der Waals surface area contributed by atoms with Gasteiger partial charge in [0, 0.05) is 27.2 Å². The molecule has 1 aromatic heterocycles. The molecule has 1 heterocycles. The second-order valence-corrected chi connectivity index (χ2v) is 5.63. The molecule has 1 aromatic rings. The van der Waals surface area contributed by atoms with Gasteiger partial charge < -0.3 is 0 Å². The lowest BCUT2D eigenvalue weighted by molar-refractivity contribution is -0.913. The topological polar surface area (TPSA) is 13.1 Å². The standard InChI is InChI=1S/C10H16NOS2/c1-8(2)9-5-6-10(14-13-4)11(7-9)12-3/h5-8H,1-4H3/q+1. The Morgan fingerprint density at radius 2 is 2.07 bits per heavy atom. The van der Waals surface area contributed by atoms with E-state index in [-0.39, 0.29) is 0 Å². The minimum atomic E-state index is 0.532. The molecule has 0 fully saturated rings. The van der Waals surface area contributed by atoms with E-state index in [4.69, 9.17) is 4.84 Å². The van der Waals surface area contributed by atoms with E-state index < -0.39 is 0 Å². The molecule has 0 saturated carbocycles. The average Bonchev–Trinajstić information content (AvgIpc) is 2.18. The van der Waals surface area contributed by atoms with Crippen molar-refractivity contribution < 1.29 is 9.57 Å². The second kappa shape index (κ2) is 5.51. The maximum atomic E-state index is 5.27. The first-order chi connectivity index (χ1) is 6.69. The molecule has 2 nitrogen and oxygen atoms in total. The summed E-state index contributed by atoms with van der Waals surface area (Å²) in [5, 5.41) is 1.12. The fraction of sp³-hybridized carbons (Fsp3) is 0.500. The predicted octanol–water partition coefficient (Wildman–Crippen LogP) is 2.53. The summed E-state index contributed by atoms with van der Waals surface area (Å²) in [6, 6.07) is 4.25. The molecule has 0 aromatic carbocycles. The van der Waals surface area contributed by atoms with Gasteiger partial charge in [-0.2, -0.15) is 0 Å². The number of hydrogen-bond acceptors (Lipinski definition) is 3. The Balaban J connectivity index is 2.98. The molecule has 0 radical (unpaired) electrons. The normalized spacial score (nSPS) is 10.6. The SMILES string of the molecule is CO[n+]1cc(C(C)C)ccc1SSC. The Hall–Kier alpha value is -0.350. The highest BCUT2D eigenvalue weighted by Crippen LogP contribution is 2.25. The Morgan fingerprint density at radius 3 is 2.57 bits per heavy atom. The van der Waals surface area contributed by atoms with Crippen molar-refractivity contribution in [2.45, 2.75) is 24.8 Å². The van der Waals surface area contributed by atoms with Crippen molar-refractivity contribution in [2.24, 2.45) is 0 Å². The molecule has 0 aliphatic heterocycles. The molecule has 0 aliphatic rings. The molecule has 14 heavy (non-hydrogen) atoms. The number of hydrogen-bond donors (Lipinski definition) is 0. The maximum absolute atomic E-state index is 5.27. The van der Waals surface area contributed by atoms with E-state index in [1.54, 1.807) is 28.7 Å². The van der Waals surface area contributed by atoms with Crippen LogP contribution in [0, 0.1) is 0 Å². The minimum Gasteiger partial charge on any atom is -0.273 e. The summed E-state index contributed by atoms with van der Waals surface area (Å²) in [5.74, 6) is 0.532. The van der Waals surface area contributed by atoms with Crippen molar-refractivity contribution in [1.29, 1.82) is 0 Å². The van der Waals surface area contributed by atoms with E-state index in [2.05, 4.69) is 32.2 Å². The summed E-state index contributed by atoms with van der Waals surface area (Å²) in [7, 11) is 5.10. The average molecular weight is 230 g/mol. The highest BCUT2D eigenvalue weighted by molar-refractivity contribution is 8.76. The Kier molecular flexibility index (Phi) is 4.62. The van der Waals surface area contributed by atoms with Crippen LogP contribution in [0.4, 0.5) is 0 Å². The fourth-order valence-corrected chi connectivity index (χ4v) is 2.51. The lowest BCUT2D eigenvalue weighted by Gasteiger charge is -2.04. The summed E-state index contributed by atoms with van der Waals surface area (Å²) in [6.45, 7) is 4.35. The molecule has 0 saturated heterocycles. The zero-order valence-corrected chi connectivity index (χ0v) is 10.6. The van der Waals surface area contributed by atoms with Crippen LogP contribution in [0.5, 0.6) is 0 Å². The van der Waals surface area contributed by atoms with Gasteiger partial charge in [-0.05, 0) is 18.2 Å². The van der Waals surface area contributed by atoms with Crippen molar-refractivity contribution in [3.05, 3.63) is 23.9 Å². The van der Waals surface area contributed by atoms with Crippen LogP contribution in [0.25, 0.3) is 0 Å². The van der Waals surface area contributed by atoms with E-state index in [1.165, 1.54) is 5.56 Å². The third-order valence-electron chi connectivity index (χ3n) is 1.93. The van der Waals surface area contributed by atoms with Crippen LogP contribution in [-0.4, -0.2) is 13.4 Å². The fourth-order valence-electron chi connectivity index (χ4n) is 1.12. The zero-order chi connectivity index (χ0) is 10.6. The first-order valence-corrected chi connectivity index (χ1v) is 7.05. The minimum absolute atomic E-state index is 0.532. The lowest BCUT2D eigenvalue weighted by Crippen LogP contribution is -2.42. The van der Waals surface area contributed by atoms with Crippen molar-refractivity contribution >= 4 is 21.6 Å². The molecule has 0 aliphatic carbocycles. The highest BCUT2D eigenvalue weighted by atomic mass is 33.1. The zero-order valence-electron chi connectivity index (χ0n) is 8.98. The summed E-state index contributed by atoms with van der Waals surface area (Å²) >= 11 is 0. The number of rotatable bonds is 4. The van der Waals surface area contributed by atoms with Crippen molar-refractivity contribution in [3.63, 3.8) is 0 Å². The van der Waals surface area contributed by atoms with Crippen LogP contribution in [0.15, 0.2) is 23.4 Å². The molecule has 0 unspecified atom stereocenters. The largest absolute Gasteiger partial charge is 0.301 e. The van der Waals surface area contributed by atoms with Gasteiger partial charge in [-0.15, -0.1) is 0 Å². The Morgan fingerprint density at radius 1 is 1.36 bits per heavy atom. The molecule has 0 N–H and O–H groups in total. The van der Waals surface area contributed by atoms with E-state index in [9.17, 15) is 0 Å². The Bertz CT molecular complexity index is 302. The molecule has 0 atom stereocenters. The predicted molar refractivity (Wildman–Crippen MR) is 62.6 cm³/mol. The van der Waals surface area contributed by atoms with Gasteiger partial charge in [0.05, 0.1) is 0 Å². The maximum Gasteiger partial charge on any atom is 0.301 e. The van der Waals surface area contributed by atoms with Gasteiger partial charge in [0.2, 0.25) is 6.20 Å². The van der Waals surface area contributed by atoms with E-state index >= 15 is 0 Å². The van der Waals surface area contributed by atoms with Gasteiger partial charge in [0.25, 0.3) is 0 Å². The first-order valence-electron chi connectivity index (χ1n) is 4.49. The molecule has 0 amide bonds. The number of pyridine rings is 1. The third-order valence-corrected chi connectivity index (χ3v) is 3.60. The van der Waals surface area contributed by atoms with Gasteiger partial charge >= 0.3 is 5.03 Å². The molecular formula is C10H16NOS2+. The van der Waals surface area contributed by atoms with Gasteiger partial charge in [-0.25, -0.2) is 0 Å². The number of nitrogens with zero attached hydrogens (tertiary/aromatic N) is 1. The molecule has 1 rings (SSSR count). The Labute approximate surface area is 93.4 Å². The summed E-state index contributed by atoms with van der Waals surface area (Å²) < 4.78 is 1.82. The van der Waals surface area contributed by atoms with E-state index in [0.717, 1.165) is 5.03 Å². The summed E-state index contributed by atoms with van der Waals surface area (Å²) in [5.41, 5.74) is 1.29. The van der Waals surface area contributed by atoms with Crippen LogP contribution < -0.4 is 9.57 Å². The van der Waals surface area contributed by atoms with Crippen LogP contribution in [0.3, 0.4) is 0 Å². The summed E-state index contributed by atoms with van der Waals surface area (Å²) in [6.07, 6.45) is 4.10. The smallest absolute Gasteiger partial charge is 0.273 e. The van der Waals surface area contributed by atoms with Crippen molar-refractivity contribution in [1.82, 2.24) is 0 Å². The van der Waals surface area contributed by atoms with Gasteiger partial charge in [0.1, 0.15) is 7.11 Å². The van der Waals surface area contributed by atoms with Gasteiger partial charge in [0.15, 0.2) is 0 Å². The van der Waals surface area contributed by atoms with E-state index in [1.807, 2.05) is 10.9 Å². The molecule has 0 spiro atoms. The highest BCUT2D eigenvalue weighted by Gasteiger charge is 2.14. The van der Waals surface area contributed by atoms with Crippen LogP contribution in [0.2, 0.25) is 0 Å². The van der Waals surface area contributed by atoms with Crippen molar-refractivity contribution in [3.8, 4) is 0 Å². The van der Waals surface area contributed by atoms with Crippen LogP contribution in [0.1, 0.15) is 25.3 Å². The number of aromatic nitrogens is 1. The first kappa shape index (κ1) is 11.7. The monoisotopic (exact) mass is 230 g/mol. The van der Waals surface area contributed by atoms with E-state index in [0.29, 0.717) is 5.92 Å². The third kappa shape index (κ3) is 2.82. The molecular weight excluding hydrogens is 214 g/mol. The summed E-state index contributed by atoms with van der Waals surface area (Å²) in [4.78, 5) is 5.27. The molecule has 0 bridgehead atoms. The van der Waals surface area contributed by atoms with Crippen molar-refractivity contribution in [2.75, 3.05) is 13.4 Å². The van der Waals surface area contributed by atoms with Crippen LogP contribution in [-0.2, 0) is 0 Å². The van der Waals surface area contributed by atoms with Gasteiger partial charge in [-0.3, -0.25) is 4.84 Å². The second-order valence-electron chi connectivity index (χ2n) is 3.21. The lowest BCUT2D eigenvalue weighted by atomic mass is 10.1. The molecule has 78 valence electrons.